The van der Waals surface area contributed by atoms with Crippen molar-refractivity contribution >= 4 is 5.65 Å². The molecule has 0 aliphatic carbocycles. The van der Waals surface area contributed by atoms with Crippen LogP contribution in [0.4, 0.5) is 0 Å². The fourth-order valence-corrected chi connectivity index (χ4v) is 2.41. The lowest BCUT2D eigenvalue weighted by Crippen LogP contribution is -2.15. The second kappa shape index (κ2) is 4.59. The third kappa shape index (κ3) is 1.82. The number of aromatic amines is 1. The summed E-state index contributed by atoms with van der Waals surface area (Å²) in [6.45, 7) is 5.99. The van der Waals surface area contributed by atoms with Crippen LogP contribution >= 0.6 is 0 Å². The third-order valence-corrected chi connectivity index (χ3v) is 3.56. The lowest BCUT2D eigenvalue weighted by molar-refractivity contribution is 0.857. The quantitative estimate of drug-likeness (QED) is 0.775. The van der Waals surface area contributed by atoms with Crippen LogP contribution in [-0.2, 0) is 6.42 Å². The fraction of sp³-hybridized carbons (Fsp3) is 0.267. The van der Waals surface area contributed by atoms with E-state index in [1.54, 1.807) is 6.20 Å². The molecule has 0 amide bonds. The Morgan fingerprint density at radius 1 is 1.35 bits per heavy atom. The maximum atomic E-state index is 12.2. The van der Waals surface area contributed by atoms with Gasteiger partial charge in [-0.05, 0) is 31.9 Å². The second-order valence-corrected chi connectivity index (χ2v) is 4.88. The van der Waals surface area contributed by atoms with Crippen LogP contribution in [0.15, 0.2) is 29.2 Å². The number of aromatic nitrogens is 4. The lowest BCUT2D eigenvalue weighted by Gasteiger charge is -2.03. The van der Waals surface area contributed by atoms with Crippen LogP contribution in [0.2, 0.25) is 0 Å². The predicted molar refractivity (Wildman–Crippen MR) is 77.9 cm³/mol. The Hall–Kier alpha value is -2.43. The Kier molecular flexibility index (Phi) is 2.89. The molecule has 3 aromatic rings. The van der Waals surface area contributed by atoms with E-state index in [0.717, 1.165) is 28.9 Å². The lowest BCUT2D eigenvalue weighted by atomic mass is 10.1. The molecule has 0 spiro atoms. The molecule has 5 nitrogen and oxygen atoms in total. The molecule has 3 aromatic heterocycles. The highest BCUT2D eigenvalue weighted by Crippen LogP contribution is 2.19. The van der Waals surface area contributed by atoms with E-state index in [-0.39, 0.29) is 5.56 Å². The van der Waals surface area contributed by atoms with E-state index in [1.807, 2.05) is 32.9 Å². The number of aryl methyl sites for hydroxylation is 3. The molecule has 0 atom stereocenters. The second-order valence-electron chi connectivity index (χ2n) is 4.88. The normalized spacial score (nSPS) is 11.2. The van der Waals surface area contributed by atoms with Crippen molar-refractivity contribution in [2.24, 2.45) is 0 Å². The number of nitrogens with one attached hydrogen (secondary N) is 1. The topological polar surface area (TPSA) is 63.0 Å². The fourth-order valence-electron chi connectivity index (χ4n) is 2.41. The van der Waals surface area contributed by atoms with Crippen LogP contribution in [-0.4, -0.2) is 19.6 Å². The van der Waals surface area contributed by atoms with Gasteiger partial charge in [0.15, 0.2) is 5.65 Å². The summed E-state index contributed by atoms with van der Waals surface area (Å²) in [6, 6.07) is 5.37. The maximum Gasteiger partial charge on any atom is 0.273 e. The number of hydrogen-bond acceptors (Lipinski definition) is 3. The molecule has 1 N–H and O–H groups in total. The van der Waals surface area contributed by atoms with Gasteiger partial charge in [-0.25, -0.2) is 9.50 Å². The van der Waals surface area contributed by atoms with Crippen molar-refractivity contribution in [1.29, 1.82) is 0 Å². The van der Waals surface area contributed by atoms with E-state index in [0.29, 0.717) is 11.3 Å². The predicted octanol–water partition coefficient (Wildman–Crippen LogP) is 2.26. The zero-order valence-corrected chi connectivity index (χ0v) is 11.8. The van der Waals surface area contributed by atoms with Gasteiger partial charge >= 0.3 is 0 Å². The van der Waals surface area contributed by atoms with Gasteiger partial charge in [0.25, 0.3) is 5.56 Å². The molecule has 0 bridgehead atoms. The Bertz CT molecular complexity index is 845. The summed E-state index contributed by atoms with van der Waals surface area (Å²) in [5.41, 5.74) is 4.99. The Morgan fingerprint density at radius 3 is 2.85 bits per heavy atom. The van der Waals surface area contributed by atoms with Crippen molar-refractivity contribution < 1.29 is 0 Å². The van der Waals surface area contributed by atoms with Crippen LogP contribution in [0.1, 0.15) is 23.7 Å². The van der Waals surface area contributed by atoms with Crippen molar-refractivity contribution in [2.45, 2.75) is 27.2 Å². The molecule has 0 saturated carbocycles. The number of nitrogens with zero attached hydrogens (tertiary/aromatic N) is 3. The number of hydrogen-bond donors (Lipinski definition) is 1. The Labute approximate surface area is 116 Å². The SMILES string of the molecule is CCc1[nH]n2c(=O)cc(-c3ncccc3C)nc2c1C. The zero-order valence-electron chi connectivity index (χ0n) is 11.8. The highest BCUT2D eigenvalue weighted by atomic mass is 16.1. The van der Waals surface area contributed by atoms with Gasteiger partial charge in [0.1, 0.15) is 0 Å². The van der Waals surface area contributed by atoms with Crippen molar-refractivity contribution in [2.75, 3.05) is 0 Å². The molecule has 0 unspecified atom stereocenters. The van der Waals surface area contributed by atoms with E-state index >= 15 is 0 Å². The summed E-state index contributed by atoms with van der Waals surface area (Å²) in [5.74, 6) is 0. The molecule has 0 fully saturated rings. The number of rotatable bonds is 2. The summed E-state index contributed by atoms with van der Waals surface area (Å²) >= 11 is 0. The largest absolute Gasteiger partial charge is 0.293 e. The number of fused-ring (bicyclic) bond motifs is 1. The smallest absolute Gasteiger partial charge is 0.273 e. The average molecular weight is 268 g/mol. The van der Waals surface area contributed by atoms with Crippen LogP contribution in [0.3, 0.4) is 0 Å². The minimum Gasteiger partial charge on any atom is -0.293 e. The Balaban J connectivity index is 2.32. The molecule has 3 rings (SSSR count). The molecular formula is C15H16N4O. The van der Waals surface area contributed by atoms with Gasteiger partial charge in [0.2, 0.25) is 0 Å². The summed E-state index contributed by atoms with van der Waals surface area (Å²) in [4.78, 5) is 21.2. The molecule has 3 heterocycles. The molecule has 0 aliphatic heterocycles. The molecule has 20 heavy (non-hydrogen) atoms. The maximum absolute atomic E-state index is 12.2. The van der Waals surface area contributed by atoms with Gasteiger partial charge in [-0.3, -0.25) is 14.9 Å². The van der Waals surface area contributed by atoms with Crippen LogP contribution in [0.25, 0.3) is 17.0 Å². The van der Waals surface area contributed by atoms with Crippen molar-refractivity contribution in [3.8, 4) is 11.4 Å². The monoisotopic (exact) mass is 268 g/mol. The van der Waals surface area contributed by atoms with Crippen molar-refractivity contribution in [3.05, 3.63) is 51.6 Å². The van der Waals surface area contributed by atoms with Crippen molar-refractivity contribution in [3.63, 3.8) is 0 Å². The molecule has 0 saturated heterocycles. The molecule has 0 radical (unpaired) electrons. The summed E-state index contributed by atoms with van der Waals surface area (Å²) < 4.78 is 1.50. The van der Waals surface area contributed by atoms with Crippen LogP contribution in [0, 0.1) is 13.8 Å². The minimum absolute atomic E-state index is 0.113. The molecule has 0 aliphatic rings. The highest BCUT2D eigenvalue weighted by molar-refractivity contribution is 5.62. The summed E-state index contributed by atoms with van der Waals surface area (Å²) in [7, 11) is 0. The molecule has 102 valence electrons. The molecular weight excluding hydrogens is 252 g/mol. The average Bonchev–Trinajstić information content (AvgIpc) is 2.77. The standard InChI is InChI=1S/C15H16N4O/c1-4-11-10(3)15-17-12(8-13(20)19(15)18-11)14-9(2)6-5-7-16-14/h5-8,18H,4H2,1-3H3. The number of H-pyrrole nitrogens is 1. The van der Waals surface area contributed by atoms with Gasteiger partial charge in [0, 0.05) is 23.5 Å². The van der Waals surface area contributed by atoms with E-state index in [1.165, 1.54) is 10.6 Å². The summed E-state index contributed by atoms with van der Waals surface area (Å²) in [6.07, 6.45) is 2.56. The van der Waals surface area contributed by atoms with Gasteiger partial charge < -0.3 is 0 Å². The van der Waals surface area contributed by atoms with Gasteiger partial charge in [-0.2, -0.15) is 0 Å². The first kappa shape index (κ1) is 12.6. The minimum atomic E-state index is -0.113. The van der Waals surface area contributed by atoms with Crippen LogP contribution in [0.5, 0.6) is 0 Å². The highest BCUT2D eigenvalue weighted by Gasteiger charge is 2.13. The van der Waals surface area contributed by atoms with E-state index in [4.69, 9.17) is 0 Å². The van der Waals surface area contributed by atoms with Gasteiger partial charge in [-0.1, -0.05) is 13.0 Å². The van der Waals surface area contributed by atoms with Crippen LogP contribution < -0.4 is 5.56 Å². The van der Waals surface area contributed by atoms with Gasteiger partial charge in [0.05, 0.1) is 11.4 Å². The number of pyridine rings is 1. The van der Waals surface area contributed by atoms with Crippen molar-refractivity contribution in [1.82, 2.24) is 19.6 Å². The zero-order chi connectivity index (χ0) is 14.3. The Morgan fingerprint density at radius 2 is 2.15 bits per heavy atom. The first-order chi connectivity index (χ1) is 9.61. The summed E-state index contributed by atoms with van der Waals surface area (Å²) in [5, 5.41) is 3.10. The van der Waals surface area contributed by atoms with E-state index in [9.17, 15) is 4.79 Å². The van der Waals surface area contributed by atoms with E-state index in [2.05, 4.69) is 15.1 Å². The van der Waals surface area contributed by atoms with Gasteiger partial charge in [-0.15, -0.1) is 0 Å². The molecule has 5 heteroatoms. The molecule has 0 aromatic carbocycles. The first-order valence-corrected chi connectivity index (χ1v) is 6.65. The third-order valence-electron chi connectivity index (χ3n) is 3.56. The first-order valence-electron chi connectivity index (χ1n) is 6.65. The van der Waals surface area contributed by atoms with E-state index < -0.39 is 0 Å².